The van der Waals surface area contributed by atoms with Gasteiger partial charge in [-0.05, 0) is 22.4 Å². The average molecular weight is 320 g/mol. The molecule has 2 heterocycles. The van der Waals surface area contributed by atoms with E-state index in [0.717, 1.165) is 29.2 Å². The molecule has 1 aliphatic rings. The van der Waals surface area contributed by atoms with Crippen LogP contribution in [0.5, 0.6) is 0 Å². The lowest BCUT2D eigenvalue weighted by molar-refractivity contribution is 0.188. The molecule has 17 heavy (non-hydrogen) atoms. The highest BCUT2D eigenvalue weighted by Gasteiger charge is 2.35. The Labute approximate surface area is 112 Å². The molecule has 0 aliphatic carbocycles. The van der Waals surface area contributed by atoms with Crippen molar-refractivity contribution in [1.82, 2.24) is 10.3 Å². The van der Waals surface area contributed by atoms with E-state index in [0.29, 0.717) is 6.54 Å². The zero-order chi connectivity index (χ0) is 12.5. The van der Waals surface area contributed by atoms with Crippen LogP contribution in [0.1, 0.15) is 13.3 Å². The van der Waals surface area contributed by atoms with Crippen molar-refractivity contribution in [3.8, 4) is 0 Å². The van der Waals surface area contributed by atoms with E-state index in [1.165, 1.54) is 0 Å². The van der Waals surface area contributed by atoms with E-state index in [4.69, 9.17) is 5.11 Å². The van der Waals surface area contributed by atoms with Crippen LogP contribution in [0.4, 0.5) is 9.93 Å². The Balaban J connectivity index is 1.96. The van der Waals surface area contributed by atoms with Crippen molar-refractivity contribution in [2.45, 2.75) is 13.3 Å². The van der Waals surface area contributed by atoms with Gasteiger partial charge in [-0.15, -0.1) is 11.3 Å². The van der Waals surface area contributed by atoms with Crippen LogP contribution in [0, 0.1) is 5.41 Å². The molecular formula is C10H14BrN3O2S. The number of anilines is 1. The summed E-state index contributed by atoms with van der Waals surface area (Å²) in [5.41, 5.74) is -0.00344. The van der Waals surface area contributed by atoms with Crippen LogP contribution in [0.3, 0.4) is 0 Å². The summed E-state index contributed by atoms with van der Waals surface area (Å²) in [6.07, 6.45) is 0.0199. The Hall–Kier alpha value is -0.820. The highest BCUT2D eigenvalue weighted by molar-refractivity contribution is 9.10. The largest absolute Gasteiger partial charge is 0.465 e. The summed E-state index contributed by atoms with van der Waals surface area (Å²) in [5, 5.41) is 14.1. The summed E-state index contributed by atoms with van der Waals surface area (Å²) < 4.78 is 0.856. The number of hydrogen-bond donors (Lipinski definition) is 2. The second-order valence-corrected chi connectivity index (χ2v) is 6.24. The quantitative estimate of drug-likeness (QED) is 0.897. The minimum Gasteiger partial charge on any atom is -0.465 e. The van der Waals surface area contributed by atoms with E-state index in [-0.39, 0.29) is 5.41 Å². The third-order valence-electron chi connectivity index (χ3n) is 2.96. The molecule has 0 aromatic carbocycles. The van der Waals surface area contributed by atoms with Gasteiger partial charge in [0.1, 0.15) is 4.60 Å². The minimum atomic E-state index is -0.957. The number of amides is 1. The van der Waals surface area contributed by atoms with E-state index in [1.807, 2.05) is 5.38 Å². The third-order valence-corrected chi connectivity index (χ3v) is 4.57. The molecule has 5 nitrogen and oxygen atoms in total. The molecule has 1 unspecified atom stereocenters. The lowest BCUT2D eigenvalue weighted by atomic mass is 9.90. The van der Waals surface area contributed by atoms with E-state index >= 15 is 0 Å². The van der Waals surface area contributed by atoms with Crippen LogP contribution >= 0.6 is 27.3 Å². The first-order chi connectivity index (χ1) is 7.98. The van der Waals surface area contributed by atoms with Gasteiger partial charge in [-0.2, -0.15) is 0 Å². The van der Waals surface area contributed by atoms with Gasteiger partial charge >= 0.3 is 6.09 Å². The number of nitrogens with zero attached hydrogens (tertiary/aromatic N) is 2. The number of nitrogens with one attached hydrogen (secondary N) is 1. The molecule has 94 valence electrons. The van der Waals surface area contributed by atoms with Crippen molar-refractivity contribution in [1.29, 1.82) is 0 Å². The van der Waals surface area contributed by atoms with Crippen molar-refractivity contribution in [2.24, 2.45) is 5.41 Å². The molecule has 1 saturated heterocycles. The van der Waals surface area contributed by atoms with Gasteiger partial charge in [0.05, 0.1) is 0 Å². The number of thiazole rings is 1. The fourth-order valence-electron chi connectivity index (χ4n) is 2.01. The van der Waals surface area contributed by atoms with Crippen molar-refractivity contribution in [3.63, 3.8) is 0 Å². The molecule has 0 saturated carbocycles. The second-order valence-electron chi connectivity index (χ2n) is 4.59. The lowest BCUT2D eigenvalue weighted by Gasteiger charge is -2.23. The normalized spacial score (nSPS) is 24.0. The summed E-state index contributed by atoms with van der Waals surface area (Å²) >= 11 is 4.94. The van der Waals surface area contributed by atoms with Gasteiger partial charge < -0.3 is 15.3 Å². The minimum absolute atomic E-state index is 0.00344. The van der Waals surface area contributed by atoms with Crippen molar-refractivity contribution in [3.05, 3.63) is 9.98 Å². The standard InChI is InChI=1S/C10H14BrN3O2S/c1-10(5-12-9(15)16)2-3-14(6-10)8-13-7(11)4-17-8/h4,12H,2-3,5-6H2,1H3,(H,15,16). The maximum Gasteiger partial charge on any atom is 0.404 e. The SMILES string of the molecule is CC1(CNC(=O)O)CCN(c2nc(Br)cs2)C1. The zero-order valence-electron chi connectivity index (χ0n) is 9.44. The predicted molar refractivity (Wildman–Crippen MR) is 70.8 cm³/mol. The molecular weight excluding hydrogens is 306 g/mol. The maximum atomic E-state index is 10.5. The number of rotatable bonds is 3. The van der Waals surface area contributed by atoms with Crippen LogP contribution in [-0.4, -0.2) is 35.8 Å². The van der Waals surface area contributed by atoms with Gasteiger partial charge in [0.25, 0.3) is 0 Å². The Kier molecular flexibility index (Phi) is 3.58. The summed E-state index contributed by atoms with van der Waals surface area (Å²) in [7, 11) is 0. The van der Waals surface area contributed by atoms with Crippen LogP contribution in [0.25, 0.3) is 0 Å². The molecule has 0 radical (unpaired) electrons. The summed E-state index contributed by atoms with van der Waals surface area (Å²) in [5.74, 6) is 0. The van der Waals surface area contributed by atoms with E-state index in [1.54, 1.807) is 11.3 Å². The first-order valence-corrected chi connectivity index (χ1v) is 6.99. The maximum absolute atomic E-state index is 10.5. The number of hydrogen-bond acceptors (Lipinski definition) is 4. The van der Waals surface area contributed by atoms with Gasteiger partial charge in [-0.1, -0.05) is 6.92 Å². The molecule has 1 amide bonds. The van der Waals surface area contributed by atoms with Crippen LogP contribution in [-0.2, 0) is 0 Å². The fourth-order valence-corrected chi connectivity index (χ4v) is 3.29. The molecule has 1 fully saturated rings. The Morgan fingerprint density at radius 2 is 2.59 bits per heavy atom. The summed E-state index contributed by atoms with van der Waals surface area (Å²) in [6.45, 7) is 4.36. The van der Waals surface area contributed by atoms with Gasteiger partial charge in [0, 0.05) is 30.4 Å². The topological polar surface area (TPSA) is 65.5 Å². The van der Waals surface area contributed by atoms with Gasteiger partial charge in [-0.3, -0.25) is 0 Å². The van der Waals surface area contributed by atoms with Crippen LogP contribution in [0.2, 0.25) is 0 Å². The second kappa shape index (κ2) is 4.81. The van der Waals surface area contributed by atoms with Gasteiger partial charge in [-0.25, -0.2) is 9.78 Å². The highest BCUT2D eigenvalue weighted by Crippen LogP contribution is 2.34. The first kappa shape index (κ1) is 12.6. The third kappa shape index (κ3) is 3.10. The molecule has 7 heteroatoms. The van der Waals surface area contributed by atoms with E-state index in [9.17, 15) is 4.79 Å². The molecule has 1 atom stereocenters. The van der Waals surface area contributed by atoms with Gasteiger partial charge in [0.2, 0.25) is 0 Å². The zero-order valence-corrected chi connectivity index (χ0v) is 11.8. The molecule has 1 aromatic heterocycles. The van der Waals surface area contributed by atoms with Crippen LogP contribution in [0.15, 0.2) is 9.98 Å². The molecule has 1 aromatic rings. The monoisotopic (exact) mass is 319 g/mol. The Morgan fingerprint density at radius 1 is 1.82 bits per heavy atom. The summed E-state index contributed by atoms with van der Waals surface area (Å²) in [6, 6.07) is 0. The van der Waals surface area contributed by atoms with Gasteiger partial charge in [0.15, 0.2) is 5.13 Å². The summed E-state index contributed by atoms with van der Waals surface area (Å²) in [4.78, 5) is 17.1. The number of aromatic nitrogens is 1. The number of halogens is 1. The number of carboxylic acid groups (broad SMARTS) is 1. The predicted octanol–water partition coefficient (Wildman–Crippen LogP) is 2.39. The lowest BCUT2D eigenvalue weighted by Crippen LogP contribution is -2.37. The highest BCUT2D eigenvalue weighted by atomic mass is 79.9. The van der Waals surface area contributed by atoms with Crippen molar-refractivity contribution < 1.29 is 9.90 Å². The smallest absolute Gasteiger partial charge is 0.404 e. The molecule has 0 spiro atoms. The fraction of sp³-hybridized carbons (Fsp3) is 0.600. The molecule has 0 bridgehead atoms. The van der Waals surface area contributed by atoms with Crippen molar-refractivity contribution >= 4 is 38.5 Å². The first-order valence-electron chi connectivity index (χ1n) is 5.31. The van der Waals surface area contributed by atoms with Crippen molar-refractivity contribution in [2.75, 3.05) is 24.5 Å². The number of carbonyl (C=O) groups is 1. The Morgan fingerprint density at radius 3 is 3.18 bits per heavy atom. The molecule has 2 N–H and O–H groups in total. The van der Waals surface area contributed by atoms with Crippen LogP contribution < -0.4 is 10.2 Å². The van der Waals surface area contributed by atoms with E-state index in [2.05, 4.69) is 38.1 Å². The molecule has 1 aliphatic heterocycles. The molecule has 2 rings (SSSR count). The average Bonchev–Trinajstić information content (AvgIpc) is 2.83. The Bertz CT molecular complexity index is 425. The van der Waals surface area contributed by atoms with E-state index < -0.39 is 6.09 Å².